The molecule has 3 aromatic rings. The summed E-state index contributed by atoms with van der Waals surface area (Å²) in [6, 6.07) is 6.56. The molecule has 2 N–H and O–H groups in total. The summed E-state index contributed by atoms with van der Waals surface area (Å²) in [6.45, 7) is 5.97. The van der Waals surface area contributed by atoms with E-state index in [2.05, 4.69) is 37.0 Å². The van der Waals surface area contributed by atoms with E-state index in [-0.39, 0.29) is 23.0 Å². The monoisotopic (exact) mass is 455 g/mol. The Morgan fingerprint density at radius 2 is 2.16 bits per heavy atom. The SMILES string of the molecule is Cc1c(C=CCN2CCN3c4cc(F)ccc4OCC3C2)cnn1-c1cc(Cl)nc(N)n1. The Bertz CT molecular complexity index is 1160. The summed E-state index contributed by atoms with van der Waals surface area (Å²) in [6.07, 6.45) is 5.97. The predicted octanol–water partition coefficient (Wildman–Crippen LogP) is 2.94. The highest BCUT2D eigenvalue weighted by Gasteiger charge is 2.32. The fraction of sp³-hybridized carbons (Fsp3) is 0.318. The number of hydrogen-bond acceptors (Lipinski definition) is 7. The molecule has 2 aliphatic heterocycles. The second-order valence-electron chi connectivity index (χ2n) is 7.94. The summed E-state index contributed by atoms with van der Waals surface area (Å²) in [4.78, 5) is 12.7. The number of nitrogen functional groups attached to an aromatic ring is 1. The molecule has 8 nitrogen and oxygen atoms in total. The smallest absolute Gasteiger partial charge is 0.223 e. The van der Waals surface area contributed by atoms with Crippen molar-refractivity contribution in [3.05, 3.63) is 58.8 Å². The van der Waals surface area contributed by atoms with E-state index in [4.69, 9.17) is 22.1 Å². The standard InChI is InChI=1S/C22H23ClFN7O/c1-14-15(11-26-31(14)21-10-20(23)27-22(25)28-21)3-2-6-29-7-8-30-17(12-29)13-32-19-5-4-16(24)9-18(19)30/h2-5,9-11,17H,6-8,12-13H2,1H3,(H2,25,27,28). The number of hydrogen-bond donors (Lipinski definition) is 1. The highest BCUT2D eigenvalue weighted by molar-refractivity contribution is 6.29. The number of rotatable bonds is 4. The molecule has 5 rings (SSSR count). The third kappa shape index (κ3) is 4.01. The van der Waals surface area contributed by atoms with Crippen LogP contribution in [0.4, 0.5) is 16.0 Å². The lowest BCUT2D eigenvalue weighted by Crippen LogP contribution is -2.57. The Hall–Kier alpha value is -3.17. The quantitative estimate of drug-likeness (QED) is 0.605. The van der Waals surface area contributed by atoms with Crippen molar-refractivity contribution in [1.29, 1.82) is 0 Å². The van der Waals surface area contributed by atoms with Crippen LogP contribution >= 0.6 is 11.6 Å². The third-order valence-electron chi connectivity index (χ3n) is 5.85. The van der Waals surface area contributed by atoms with Gasteiger partial charge in [0, 0.05) is 43.9 Å². The zero-order valence-corrected chi connectivity index (χ0v) is 18.3. The summed E-state index contributed by atoms with van der Waals surface area (Å²) in [5, 5.41) is 4.68. The average molecular weight is 456 g/mol. The summed E-state index contributed by atoms with van der Waals surface area (Å²) in [7, 11) is 0. The molecule has 2 aliphatic rings. The number of anilines is 2. The van der Waals surface area contributed by atoms with Crippen LogP contribution in [-0.2, 0) is 0 Å². The highest BCUT2D eigenvalue weighted by Crippen LogP contribution is 2.35. The summed E-state index contributed by atoms with van der Waals surface area (Å²) >= 11 is 5.99. The van der Waals surface area contributed by atoms with Gasteiger partial charge in [-0.15, -0.1) is 0 Å². The van der Waals surface area contributed by atoms with Gasteiger partial charge in [0.15, 0.2) is 5.82 Å². The van der Waals surface area contributed by atoms with E-state index in [1.165, 1.54) is 6.07 Å². The molecule has 0 aliphatic carbocycles. The van der Waals surface area contributed by atoms with E-state index >= 15 is 0 Å². The molecule has 1 atom stereocenters. The van der Waals surface area contributed by atoms with Gasteiger partial charge in [-0.3, -0.25) is 4.90 Å². The number of benzene rings is 1. The summed E-state index contributed by atoms with van der Waals surface area (Å²) in [5.41, 5.74) is 8.47. The number of nitrogens with two attached hydrogens (primary N) is 1. The van der Waals surface area contributed by atoms with Gasteiger partial charge >= 0.3 is 0 Å². The second-order valence-corrected chi connectivity index (χ2v) is 8.32. The molecular formula is C22H23ClFN7O. The highest BCUT2D eigenvalue weighted by atomic mass is 35.5. The van der Waals surface area contributed by atoms with Crippen LogP contribution in [0.1, 0.15) is 11.3 Å². The van der Waals surface area contributed by atoms with Crippen molar-refractivity contribution in [2.75, 3.05) is 43.4 Å². The van der Waals surface area contributed by atoms with Crippen LogP contribution in [0, 0.1) is 12.7 Å². The number of piperazine rings is 1. The number of aromatic nitrogens is 4. The van der Waals surface area contributed by atoms with Gasteiger partial charge in [0.05, 0.1) is 23.6 Å². The van der Waals surface area contributed by atoms with Gasteiger partial charge in [-0.25, -0.2) is 14.1 Å². The molecule has 0 radical (unpaired) electrons. The number of ether oxygens (including phenoxy) is 1. The molecule has 0 amide bonds. The molecule has 1 aromatic carbocycles. The first-order valence-electron chi connectivity index (χ1n) is 10.4. The molecule has 2 aromatic heterocycles. The molecule has 1 saturated heterocycles. The molecular weight excluding hydrogens is 433 g/mol. The number of nitrogens with zero attached hydrogens (tertiary/aromatic N) is 6. The lowest BCUT2D eigenvalue weighted by molar-refractivity contribution is 0.177. The molecule has 32 heavy (non-hydrogen) atoms. The van der Waals surface area contributed by atoms with Crippen molar-refractivity contribution in [3.63, 3.8) is 0 Å². The maximum Gasteiger partial charge on any atom is 0.223 e. The zero-order valence-electron chi connectivity index (χ0n) is 17.6. The molecule has 1 fully saturated rings. The molecule has 166 valence electrons. The maximum absolute atomic E-state index is 13.7. The largest absolute Gasteiger partial charge is 0.489 e. The Morgan fingerprint density at radius 3 is 3.00 bits per heavy atom. The van der Waals surface area contributed by atoms with Gasteiger partial charge in [0.2, 0.25) is 5.95 Å². The van der Waals surface area contributed by atoms with Crippen LogP contribution in [0.2, 0.25) is 5.15 Å². The maximum atomic E-state index is 13.7. The number of halogens is 2. The van der Waals surface area contributed by atoms with Crippen LogP contribution < -0.4 is 15.4 Å². The summed E-state index contributed by atoms with van der Waals surface area (Å²) < 4.78 is 21.3. The molecule has 4 heterocycles. The fourth-order valence-electron chi connectivity index (χ4n) is 4.25. The molecule has 0 saturated carbocycles. The first-order valence-corrected chi connectivity index (χ1v) is 10.8. The minimum atomic E-state index is -0.235. The Balaban J connectivity index is 1.24. The van der Waals surface area contributed by atoms with Gasteiger partial charge in [0.1, 0.15) is 23.3 Å². The zero-order chi connectivity index (χ0) is 22.2. The molecule has 0 bridgehead atoms. The van der Waals surface area contributed by atoms with Crippen molar-refractivity contribution < 1.29 is 9.13 Å². The second kappa shape index (κ2) is 8.40. The van der Waals surface area contributed by atoms with E-state index in [9.17, 15) is 4.39 Å². The predicted molar refractivity (Wildman–Crippen MR) is 122 cm³/mol. The summed E-state index contributed by atoms with van der Waals surface area (Å²) in [5.74, 6) is 1.16. The van der Waals surface area contributed by atoms with Crippen LogP contribution in [0.15, 0.2) is 36.5 Å². The molecule has 0 spiro atoms. The molecule has 10 heteroatoms. The van der Waals surface area contributed by atoms with E-state index in [0.717, 1.165) is 48.9 Å². The van der Waals surface area contributed by atoms with Crippen molar-refractivity contribution in [3.8, 4) is 11.6 Å². The number of fused-ring (bicyclic) bond motifs is 3. The van der Waals surface area contributed by atoms with Crippen molar-refractivity contribution in [2.45, 2.75) is 13.0 Å². The van der Waals surface area contributed by atoms with E-state index < -0.39 is 0 Å². The fourth-order valence-corrected chi connectivity index (χ4v) is 4.43. The van der Waals surface area contributed by atoms with Gasteiger partial charge < -0.3 is 15.4 Å². The van der Waals surface area contributed by atoms with Crippen LogP contribution in [-0.4, -0.2) is 63.5 Å². The van der Waals surface area contributed by atoms with E-state index in [0.29, 0.717) is 12.4 Å². The third-order valence-corrected chi connectivity index (χ3v) is 6.05. The van der Waals surface area contributed by atoms with Crippen molar-refractivity contribution in [2.24, 2.45) is 0 Å². The van der Waals surface area contributed by atoms with Crippen LogP contribution in [0.25, 0.3) is 11.9 Å². The topological polar surface area (TPSA) is 85.3 Å². The van der Waals surface area contributed by atoms with Crippen molar-refractivity contribution in [1.82, 2.24) is 24.6 Å². The van der Waals surface area contributed by atoms with Crippen molar-refractivity contribution >= 4 is 29.3 Å². The molecule has 1 unspecified atom stereocenters. The van der Waals surface area contributed by atoms with Crippen LogP contribution in [0.3, 0.4) is 0 Å². The van der Waals surface area contributed by atoms with Gasteiger partial charge in [-0.2, -0.15) is 10.1 Å². The van der Waals surface area contributed by atoms with E-state index in [1.54, 1.807) is 29.1 Å². The van der Waals surface area contributed by atoms with Gasteiger partial charge in [-0.05, 0) is 19.1 Å². The Labute approximate surface area is 190 Å². The van der Waals surface area contributed by atoms with Gasteiger partial charge in [0.25, 0.3) is 0 Å². The van der Waals surface area contributed by atoms with Gasteiger partial charge in [-0.1, -0.05) is 23.8 Å². The first-order chi connectivity index (χ1) is 15.5. The average Bonchev–Trinajstić information content (AvgIpc) is 3.13. The minimum absolute atomic E-state index is 0.107. The van der Waals surface area contributed by atoms with E-state index in [1.807, 2.05) is 6.92 Å². The minimum Gasteiger partial charge on any atom is -0.489 e. The van der Waals surface area contributed by atoms with Crippen LogP contribution in [0.5, 0.6) is 5.75 Å². The Morgan fingerprint density at radius 1 is 1.28 bits per heavy atom. The Kier molecular flexibility index (Phi) is 5.44. The normalized spacial score (nSPS) is 18.5. The lowest BCUT2D eigenvalue weighted by Gasteiger charge is -2.45. The lowest BCUT2D eigenvalue weighted by atomic mass is 10.1. The first kappa shape index (κ1) is 20.7.